The lowest BCUT2D eigenvalue weighted by atomic mass is 10.0. The van der Waals surface area contributed by atoms with E-state index in [1.54, 1.807) is 36.4 Å². The van der Waals surface area contributed by atoms with Crippen molar-refractivity contribution in [3.63, 3.8) is 0 Å². The first-order valence-corrected chi connectivity index (χ1v) is 16.2. The molecule has 0 saturated carbocycles. The fourth-order valence-corrected chi connectivity index (χ4v) is 6.54. The molecule has 0 radical (unpaired) electrons. The number of rotatable bonds is 12. The smallest absolute Gasteiger partial charge is 0.264 e. The van der Waals surface area contributed by atoms with Gasteiger partial charge in [0.1, 0.15) is 12.6 Å². The van der Waals surface area contributed by atoms with Gasteiger partial charge in [0.25, 0.3) is 10.0 Å². The fourth-order valence-electron chi connectivity index (χ4n) is 5.07. The number of hydrogen-bond donors (Lipinski definition) is 1. The molecule has 2 amide bonds. The van der Waals surface area contributed by atoms with Crippen LogP contribution < -0.4 is 9.62 Å². The number of sulfonamides is 1. The van der Waals surface area contributed by atoms with Crippen LogP contribution in [0.4, 0.5) is 5.69 Å². The van der Waals surface area contributed by atoms with Crippen LogP contribution in [0.5, 0.6) is 0 Å². The largest absolute Gasteiger partial charge is 0.352 e. The maximum absolute atomic E-state index is 14.5. The third-order valence-corrected chi connectivity index (χ3v) is 9.40. The molecule has 0 aliphatic carbocycles. The highest BCUT2D eigenvalue weighted by Gasteiger charge is 2.35. The lowest BCUT2D eigenvalue weighted by molar-refractivity contribution is -0.140. The van der Waals surface area contributed by atoms with Gasteiger partial charge in [0, 0.05) is 19.0 Å². The van der Waals surface area contributed by atoms with E-state index >= 15 is 0 Å². The van der Waals surface area contributed by atoms with E-state index in [1.165, 1.54) is 9.21 Å². The summed E-state index contributed by atoms with van der Waals surface area (Å²) in [4.78, 5) is 29.9. The van der Waals surface area contributed by atoms with Gasteiger partial charge in [-0.1, -0.05) is 90.5 Å². The quantitative estimate of drug-likeness (QED) is 0.214. The van der Waals surface area contributed by atoms with Crippen LogP contribution in [-0.4, -0.2) is 43.8 Å². The number of hydrogen-bond acceptors (Lipinski definition) is 4. The molecule has 44 heavy (non-hydrogen) atoms. The molecule has 4 rings (SSSR count). The average molecular weight is 612 g/mol. The fraction of sp³-hybridized carbons (Fsp3) is 0.278. The summed E-state index contributed by atoms with van der Waals surface area (Å²) in [6, 6.07) is 29.9. The number of nitrogens with zero attached hydrogens (tertiary/aromatic N) is 2. The third-order valence-electron chi connectivity index (χ3n) is 7.63. The van der Waals surface area contributed by atoms with Crippen LogP contribution in [0.2, 0.25) is 0 Å². The second kappa shape index (κ2) is 14.4. The van der Waals surface area contributed by atoms with E-state index in [1.807, 2.05) is 101 Å². The first-order valence-electron chi connectivity index (χ1n) is 14.8. The lowest BCUT2D eigenvalue weighted by Gasteiger charge is -2.34. The molecule has 1 atom stereocenters. The molecule has 4 aromatic rings. The summed E-state index contributed by atoms with van der Waals surface area (Å²) in [5.74, 6) is -0.780. The summed E-state index contributed by atoms with van der Waals surface area (Å²) in [5.41, 5.74) is 4.72. The molecule has 0 bridgehead atoms. The van der Waals surface area contributed by atoms with Crippen LogP contribution in [0, 0.1) is 20.8 Å². The highest BCUT2D eigenvalue weighted by Crippen LogP contribution is 2.29. The summed E-state index contributed by atoms with van der Waals surface area (Å²) in [7, 11) is -4.15. The predicted molar refractivity (Wildman–Crippen MR) is 176 cm³/mol. The lowest BCUT2D eigenvalue weighted by Crippen LogP contribution is -2.54. The van der Waals surface area contributed by atoms with Crippen molar-refractivity contribution in [2.24, 2.45) is 0 Å². The number of amides is 2. The molecule has 0 aromatic heterocycles. The predicted octanol–water partition coefficient (Wildman–Crippen LogP) is 5.97. The number of anilines is 1. The van der Waals surface area contributed by atoms with Gasteiger partial charge >= 0.3 is 0 Å². The first-order chi connectivity index (χ1) is 21.0. The number of nitrogens with one attached hydrogen (secondary N) is 1. The minimum absolute atomic E-state index is 0.0878. The average Bonchev–Trinajstić information content (AvgIpc) is 3.00. The van der Waals surface area contributed by atoms with Crippen molar-refractivity contribution in [1.29, 1.82) is 0 Å². The molecule has 7 nitrogen and oxygen atoms in total. The summed E-state index contributed by atoms with van der Waals surface area (Å²) in [6.45, 7) is 9.04. The SMILES string of the molecule is Cc1ccc(S(=O)(=O)N(CC(=O)N(Cc2ccccc2)C(Cc2ccccc2)C(=O)NC(C)C)c2cccc(C)c2C)cc1. The first kappa shape index (κ1) is 32.5. The Balaban J connectivity index is 1.82. The van der Waals surface area contributed by atoms with Crippen LogP contribution in [0.15, 0.2) is 108 Å². The van der Waals surface area contributed by atoms with Gasteiger partial charge in [-0.15, -0.1) is 0 Å². The molecule has 230 valence electrons. The van der Waals surface area contributed by atoms with Crippen molar-refractivity contribution < 1.29 is 18.0 Å². The zero-order valence-electron chi connectivity index (χ0n) is 26.0. The number of carbonyl (C=O) groups is 2. The van der Waals surface area contributed by atoms with Crippen LogP contribution in [0.3, 0.4) is 0 Å². The Morgan fingerprint density at radius 3 is 1.93 bits per heavy atom. The van der Waals surface area contributed by atoms with Gasteiger partial charge in [0.15, 0.2) is 0 Å². The van der Waals surface area contributed by atoms with Gasteiger partial charge in [-0.25, -0.2) is 8.42 Å². The van der Waals surface area contributed by atoms with Crippen molar-refractivity contribution in [2.75, 3.05) is 10.8 Å². The number of benzene rings is 4. The van der Waals surface area contributed by atoms with E-state index < -0.39 is 28.5 Å². The number of aryl methyl sites for hydroxylation is 2. The molecule has 0 heterocycles. The monoisotopic (exact) mass is 611 g/mol. The maximum Gasteiger partial charge on any atom is 0.264 e. The van der Waals surface area contributed by atoms with E-state index in [2.05, 4.69) is 5.32 Å². The molecular weight excluding hydrogens is 570 g/mol. The number of carbonyl (C=O) groups excluding carboxylic acids is 2. The zero-order chi connectivity index (χ0) is 31.9. The van der Waals surface area contributed by atoms with Crippen molar-refractivity contribution in [2.45, 2.75) is 64.6 Å². The van der Waals surface area contributed by atoms with Crippen molar-refractivity contribution >= 4 is 27.5 Å². The normalized spacial score (nSPS) is 12.0. The molecule has 0 fully saturated rings. The Labute approximate surface area is 261 Å². The highest BCUT2D eigenvalue weighted by atomic mass is 32.2. The van der Waals surface area contributed by atoms with Gasteiger partial charge in [-0.2, -0.15) is 0 Å². The topological polar surface area (TPSA) is 86.8 Å². The zero-order valence-corrected chi connectivity index (χ0v) is 26.8. The summed E-state index contributed by atoms with van der Waals surface area (Å²) in [6.07, 6.45) is 0.270. The van der Waals surface area contributed by atoms with Crippen LogP contribution in [0.1, 0.15) is 41.7 Å². The Morgan fingerprint density at radius 1 is 0.750 bits per heavy atom. The van der Waals surface area contributed by atoms with E-state index in [0.717, 1.165) is 27.8 Å². The summed E-state index contributed by atoms with van der Waals surface area (Å²) >= 11 is 0. The molecule has 0 spiro atoms. The van der Waals surface area contributed by atoms with Crippen LogP contribution >= 0.6 is 0 Å². The Morgan fingerprint density at radius 2 is 1.34 bits per heavy atom. The summed E-state index contributed by atoms with van der Waals surface area (Å²) < 4.78 is 29.7. The van der Waals surface area contributed by atoms with Crippen LogP contribution in [0.25, 0.3) is 0 Å². The molecule has 0 saturated heterocycles. The molecule has 1 unspecified atom stereocenters. The minimum Gasteiger partial charge on any atom is -0.352 e. The third kappa shape index (κ3) is 7.94. The highest BCUT2D eigenvalue weighted by molar-refractivity contribution is 7.92. The van der Waals surface area contributed by atoms with Gasteiger partial charge in [-0.3, -0.25) is 13.9 Å². The van der Waals surface area contributed by atoms with Crippen molar-refractivity contribution in [1.82, 2.24) is 10.2 Å². The van der Waals surface area contributed by atoms with E-state index in [-0.39, 0.29) is 29.8 Å². The van der Waals surface area contributed by atoms with Gasteiger partial charge in [0.2, 0.25) is 11.8 Å². The van der Waals surface area contributed by atoms with Crippen molar-refractivity contribution in [3.05, 3.63) is 131 Å². The molecular formula is C36H41N3O4S. The van der Waals surface area contributed by atoms with Gasteiger partial charge < -0.3 is 10.2 Å². The molecule has 0 aliphatic heterocycles. The molecule has 0 aliphatic rings. The summed E-state index contributed by atoms with van der Waals surface area (Å²) in [5, 5.41) is 2.98. The Bertz CT molecular complexity index is 1670. The second-order valence-corrected chi connectivity index (χ2v) is 13.3. The van der Waals surface area contributed by atoms with Crippen LogP contribution in [-0.2, 0) is 32.6 Å². The molecule has 8 heteroatoms. The molecule has 1 N–H and O–H groups in total. The van der Waals surface area contributed by atoms with E-state index in [9.17, 15) is 18.0 Å². The standard InChI is InChI=1S/C36H41N3O4S/c1-26(2)37-36(41)34(23-30-14-8-6-9-15-30)38(24-31-16-10-7-11-17-31)35(40)25-39(33-18-12-13-28(4)29(33)5)44(42,43)32-21-19-27(3)20-22-32/h6-22,26,34H,23-25H2,1-5H3,(H,37,41). The maximum atomic E-state index is 14.5. The van der Waals surface area contributed by atoms with Crippen molar-refractivity contribution in [3.8, 4) is 0 Å². The Hall–Kier alpha value is -4.43. The minimum atomic E-state index is -4.15. The van der Waals surface area contributed by atoms with E-state index in [0.29, 0.717) is 5.69 Å². The Kier molecular flexibility index (Phi) is 10.6. The second-order valence-electron chi connectivity index (χ2n) is 11.4. The van der Waals surface area contributed by atoms with Gasteiger partial charge in [0.05, 0.1) is 10.6 Å². The molecule has 4 aromatic carbocycles. The van der Waals surface area contributed by atoms with Gasteiger partial charge in [-0.05, 0) is 75.1 Å². The van der Waals surface area contributed by atoms with E-state index in [4.69, 9.17) is 0 Å².